The van der Waals surface area contributed by atoms with Gasteiger partial charge in [0.1, 0.15) is 0 Å². The van der Waals surface area contributed by atoms with Gasteiger partial charge in [0.25, 0.3) is 0 Å². The number of hydrogen-bond donors (Lipinski definition) is 3. The minimum atomic E-state index is -0.0361. The van der Waals surface area contributed by atoms with Gasteiger partial charge in [0.15, 0.2) is 0 Å². The van der Waals surface area contributed by atoms with Crippen molar-refractivity contribution in [1.29, 1.82) is 0 Å². The molecule has 0 bridgehead atoms. The van der Waals surface area contributed by atoms with Gasteiger partial charge < -0.3 is 21.3 Å². The molecule has 1 aliphatic rings. The van der Waals surface area contributed by atoms with Gasteiger partial charge in [-0.1, -0.05) is 12.8 Å². The van der Waals surface area contributed by atoms with E-state index in [0.717, 1.165) is 38.6 Å². The lowest BCUT2D eigenvalue weighted by Crippen LogP contribution is -2.42. The van der Waals surface area contributed by atoms with Crippen molar-refractivity contribution in [1.82, 2.24) is 15.5 Å². The predicted molar refractivity (Wildman–Crippen MR) is 86.6 cm³/mol. The fourth-order valence-corrected chi connectivity index (χ4v) is 2.41. The van der Waals surface area contributed by atoms with Crippen LogP contribution in [0.4, 0.5) is 4.79 Å². The fourth-order valence-electron chi connectivity index (χ4n) is 2.41. The van der Waals surface area contributed by atoms with Crippen molar-refractivity contribution in [3.8, 4) is 0 Å². The molecule has 1 aliphatic heterocycles. The highest BCUT2D eigenvalue weighted by molar-refractivity contribution is 5.85. The van der Waals surface area contributed by atoms with E-state index in [0.29, 0.717) is 26.1 Å². The number of likely N-dealkylation sites (tertiary alicyclic amines) is 1. The molecule has 1 fully saturated rings. The Morgan fingerprint density at radius 1 is 1.24 bits per heavy atom. The van der Waals surface area contributed by atoms with Gasteiger partial charge in [0.2, 0.25) is 5.91 Å². The van der Waals surface area contributed by atoms with E-state index in [4.69, 9.17) is 5.73 Å². The molecule has 0 aromatic heterocycles. The summed E-state index contributed by atoms with van der Waals surface area (Å²) in [7, 11) is 0. The highest BCUT2D eigenvalue weighted by Gasteiger charge is 2.26. The van der Waals surface area contributed by atoms with Crippen molar-refractivity contribution >= 4 is 24.3 Å². The maximum absolute atomic E-state index is 11.8. The topological polar surface area (TPSA) is 87.5 Å². The lowest BCUT2D eigenvalue weighted by molar-refractivity contribution is -0.121. The van der Waals surface area contributed by atoms with Gasteiger partial charge in [-0.3, -0.25) is 4.79 Å². The van der Waals surface area contributed by atoms with E-state index >= 15 is 0 Å². The first kappa shape index (κ1) is 20.0. The number of nitrogens with zero attached hydrogens (tertiary/aromatic N) is 1. The van der Waals surface area contributed by atoms with Crippen LogP contribution in [-0.4, -0.2) is 49.1 Å². The molecule has 7 heteroatoms. The number of halogens is 1. The monoisotopic (exact) mass is 320 g/mol. The highest BCUT2D eigenvalue weighted by Crippen LogP contribution is 2.10. The summed E-state index contributed by atoms with van der Waals surface area (Å²) in [6, 6.07) is 0.0696. The maximum atomic E-state index is 11.8. The first-order valence-corrected chi connectivity index (χ1v) is 7.69. The second-order valence-electron chi connectivity index (χ2n) is 5.29. The van der Waals surface area contributed by atoms with Crippen LogP contribution in [0.25, 0.3) is 0 Å². The van der Waals surface area contributed by atoms with Gasteiger partial charge in [0.05, 0.1) is 0 Å². The van der Waals surface area contributed by atoms with E-state index in [2.05, 4.69) is 10.6 Å². The molecule has 0 spiro atoms. The quantitative estimate of drug-likeness (QED) is 0.588. The van der Waals surface area contributed by atoms with E-state index in [-0.39, 0.29) is 30.4 Å². The van der Waals surface area contributed by atoms with E-state index in [9.17, 15) is 9.59 Å². The standard InChI is InChI=1S/C14H28N4O2.ClH/c1-2-16-14(20)18-10-8-12(11-18)17-13(19)7-5-3-4-6-9-15;/h12H,2-11,15H2,1H3,(H,16,20)(H,17,19);1H. The average Bonchev–Trinajstić information content (AvgIpc) is 2.87. The fraction of sp³-hybridized carbons (Fsp3) is 0.857. The van der Waals surface area contributed by atoms with Crippen molar-refractivity contribution in [3.63, 3.8) is 0 Å². The Balaban J connectivity index is 0.00000400. The summed E-state index contributed by atoms with van der Waals surface area (Å²) < 4.78 is 0. The number of nitrogens with two attached hydrogens (primary N) is 1. The zero-order valence-electron chi connectivity index (χ0n) is 12.9. The number of amides is 3. The number of carbonyl (C=O) groups excluding carboxylic acids is 2. The van der Waals surface area contributed by atoms with Crippen molar-refractivity contribution in [2.75, 3.05) is 26.2 Å². The Morgan fingerprint density at radius 3 is 2.62 bits per heavy atom. The molecule has 21 heavy (non-hydrogen) atoms. The zero-order chi connectivity index (χ0) is 14.8. The van der Waals surface area contributed by atoms with Crippen LogP contribution in [0, 0.1) is 0 Å². The molecular formula is C14H29ClN4O2. The molecule has 3 amide bonds. The first-order chi connectivity index (χ1) is 9.67. The number of carbonyl (C=O) groups is 2. The number of unbranched alkanes of at least 4 members (excludes halogenated alkanes) is 3. The average molecular weight is 321 g/mol. The molecule has 1 heterocycles. The van der Waals surface area contributed by atoms with Gasteiger partial charge >= 0.3 is 6.03 Å². The summed E-state index contributed by atoms with van der Waals surface area (Å²) in [5.74, 6) is 0.0977. The van der Waals surface area contributed by atoms with Gasteiger partial charge in [-0.05, 0) is 32.7 Å². The SMILES string of the molecule is CCNC(=O)N1CCC(NC(=O)CCCCCCN)C1.Cl. The summed E-state index contributed by atoms with van der Waals surface area (Å²) in [6.45, 7) is 4.59. The summed E-state index contributed by atoms with van der Waals surface area (Å²) in [6.07, 6.45) is 5.51. The Kier molecular flexibility index (Phi) is 11.1. The predicted octanol–water partition coefficient (Wildman–Crippen LogP) is 1.24. The molecule has 0 aromatic rings. The largest absolute Gasteiger partial charge is 0.352 e. The number of nitrogens with one attached hydrogen (secondary N) is 2. The second kappa shape index (κ2) is 11.6. The highest BCUT2D eigenvalue weighted by atomic mass is 35.5. The van der Waals surface area contributed by atoms with Crippen LogP contribution in [0.5, 0.6) is 0 Å². The molecule has 124 valence electrons. The third kappa shape index (κ3) is 8.12. The molecule has 1 unspecified atom stereocenters. The third-order valence-electron chi connectivity index (χ3n) is 3.53. The molecule has 1 atom stereocenters. The van der Waals surface area contributed by atoms with Crippen molar-refractivity contribution < 1.29 is 9.59 Å². The molecule has 6 nitrogen and oxygen atoms in total. The van der Waals surface area contributed by atoms with Crippen LogP contribution < -0.4 is 16.4 Å². The van der Waals surface area contributed by atoms with Crippen molar-refractivity contribution in [2.24, 2.45) is 5.73 Å². The number of rotatable bonds is 8. The molecule has 1 saturated heterocycles. The number of urea groups is 1. The van der Waals surface area contributed by atoms with Gasteiger partial charge in [0, 0.05) is 32.1 Å². The molecular weight excluding hydrogens is 292 g/mol. The molecule has 0 saturated carbocycles. The van der Waals surface area contributed by atoms with Gasteiger partial charge in [-0.2, -0.15) is 0 Å². The number of hydrogen-bond acceptors (Lipinski definition) is 3. The van der Waals surface area contributed by atoms with E-state index in [1.807, 2.05) is 6.92 Å². The normalized spacial score (nSPS) is 17.2. The molecule has 0 aromatic carbocycles. The van der Waals surface area contributed by atoms with Crippen molar-refractivity contribution in [2.45, 2.75) is 51.5 Å². The molecule has 0 aliphatic carbocycles. The third-order valence-corrected chi connectivity index (χ3v) is 3.53. The van der Waals surface area contributed by atoms with Crippen LogP contribution in [0.1, 0.15) is 45.4 Å². The summed E-state index contributed by atoms with van der Waals surface area (Å²) in [4.78, 5) is 25.2. The van der Waals surface area contributed by atoms with Crippen LogP contribution in [0.15, 0.2) is 0 Å². The summed E-state index contributed by atoms with van der Waals surface area (Å²) in [5.41, 5.74) is 5.42. The summed E-state index contributed by atoms with van der Waals surface area (Å²) in [5, 5.41) is 5.79. The van der Waals surface area contributed by atoms with Crippen molar-refractivity contribution in [3.05, 3.63) is 0 Å². The lowest BCUT2D eigenvalue weighted by Gasteiger charge is -2.17. The van der Waals surface area contributed by atoms with E-state index in [1.54, 1.807) is 4.90 Å². The van der Waals surface area contributed by atoms with E-state index in [1.165, 1.54) is 0 Å². The molecule has 4 N–H and O–H groups in total. The van der Waals surface area contributed by atoms with Crippen LogP contribution >= 0.6 is 12.4 Å². The molecule has 1 rings (SSSR count). The Hall–Kier alpha value is -1.01. The lowest BCUT2D eigenvalue weighted by atomic mass is 10.1. The second-order valence-corrected chi connectivity index (χ2v) is 5.29. The Morgan fingerprint density at radius 2 is 1.95 bits per heavy atom. The summed E-state index contributed by atoms with van der Waals surface area (Å²) >= 11 is 0. The van der Waals surface area contributed by atoms with Crippen LogP contribution in [0.3, 0.4) is 0 Å². The zero-order valence-corrected chi connectivity index (χ0v) is 13.7. The smallest absolute Gasteiger partial charge is 0.317 e. The van der Waals surface area contributed by atoms with Crippen LogP contribution in [0.2, 0.25) is 0 Å². The maximum Gasteiger partial charge on any atom is 0.317 e. The first-order valence-electron chi connectivity index (χ1n) is 7.69. The minimum Gasteiger partial charge on any atom is -0.352 e. The Labute approximate surface area is 133 Å². The Bertz CT molecular complexity index is 315. The van der Waals surface area contributed by atoms with Gasteiger partial charge in [-0.25, -0.2) is 4.79 Å². The minimum absolute atomic E-state index is 0. The van der Waals surface area contributed by atoms with Crippen LogP contribution in [-0.2, 0) is 4.79 Å². The molecule has 0 radical (unpaired) electrons. The van der Waals surface area contributed by atoms with E-state index < -0.39 is 0 Å². The van der Waals surface area contributed by atoms with Gasteiger partial charge in [-0.15, -0.1) is 12.4 Å².